The lowest BCUT2D eigenvalue weighted by Gasteiger charge is -2.38. The summed E-state index contributed by atoms with van der Waals surface area (Å²) >= 11 is 0. The topological polar surface area (TPSA) is 88.1 Å². The number of urea groups is 1. The van der Waals surface area contributed by atoms with E-state index in [0.717, 1.165) is 6.42 Å². The summed E-state index contributed by atoms with van der Waals surface area (Å²) in [5.74, 6) is -0.829. The largest absolute Gasteiger partial charge is 0.481 e. The lowest BCUT2D eigenvalue weighted by atomic mass is 9.69. The molecule has 0 bridgehead atoms. The average molecular weight is 288 g/mol. The molecule has 2 amide bonds. The first-order valence-corrected chi connectivity index (χ1v) is 6.80. The minimum atomic E-state index is -0.829. The standard InChI is InChI=1S/C13H24N2O5/c1-19-8-6-15(7-9-20-2)12(18)14-10-13(11(16)17)4-3-5-13/h3-10H2,1-2H3,(H,14,18)(H,16,17). The van der Waals surface area contributed by atoms with Gasteiger partial charge in [0.1, 0.15) is 0 Å². The second kappa shape index (κ2) is 8.06. The van der Waals surface area contributed by atoms with Crippen molar-refractivity contribution in [3.05, 3.63) is 0 Å². The Bertz CT molecular complexity index is 323. The Morgan fingerprint density at radius 2 is 1.75 bits per heavy atom. The fraction of sp³-hybridized carbons (Fsp3) is 0.846. The second-order valence-corrected chi connectivity index (χ2v) is 5.07. The molecule has 0 aliphatic heterocycles. The van der Waals surface area contributed by atoms with Crippen molar-refractivity contribution in [2.75, 3.05) is 47.1 Å². The smallest absolute Gasteiger partial charge is 0.317 e. The summed E-state index contributed by atoms with van der Waals surface area (Å²) < 4.78 is 9.92. The Kier molecular flexibility index (Phi) is 6.74. The van der Waals surface area contributed by atoms with Gasteiger partial charge in [-0.2, -0.15) is 0 Å². The Morgan fingerprint density at radius 1 is 1.20 bits per heavy atom. The third kappa shape index (κ3) is 4.35. The number of aliphatic carboxylic acids is 1. The highest BCUT2D eigenvalue weighted by molar-refractivity contribution is 5.78. The molecule has 7 heteroatoms. The van der Waals surface area contributed by atoms with Gasteiger partial charge in [-0.1, -0.05) is 6.42 Å². The number of methoxy groups -OCH3 is 2. The van der Waals surface area contributed by atoms with Gasteiger partial charge in [0.05, 0.1) is 18.6 Å². The van der Waals surface area contributed by atoms with Gasteiger partial charge < -0.3 is 24.8 Å². The summed E-state index contributed by atoms with van der Waals surface area (Å²) in [7, 11) is 3.14. The molecule has 20 heavy (non-hydrogen) atoms. The lowest BCUT2D eigenvalue weighted by Crippen LogP contribution is -2.51. The zero-order valence-corrected chi connectivity index (χ0v) is 12.2. The van der Waals surface area contributed by atoms with Crippen molar-refractivity contribution < 1.29 is 24.2 Å². The zero-order valence-electron chi connectivity index (χ0n) is 12.2. The van der Waals surface area contributed by atoms with Crippen molar-refractivity contribution in [3.63, 3.8) is 0 Å². The number of carboxylic acid groups (broad SMARTS) is 1. The van der Waals surface area contributed by atoms with Gasteiger partial charge in [0.25, 0.3) is 0 Å². The molecule has 0 aromatic rings. The van der Waals surface area contributed by atoms with Crippen molar-refractivity contribution in [2.45, 2.75) is 19.3 Å². The number of hydrogen-bond donors (Lipinski definition) is 2. The van der Waals surface area contributed by atoms with Crippen LogP contribution < -0.4 is 5.32 Å². The number of carbonyl (C=O) groups excluding carboxylic acids is 1. The number of amides is 2. The zero-order chi connectivity index (χ0) is 15.0. The summed E-state index contributed by atoms with van der Waals surface area (Å²) in [6.45, 7) is 1.94. The molecule has 1 fully saturated rings. The van der Waals surface area contributed by atoms with Gasteiger partial charge in [-0.05, 0) is 12.8 Å². The molecular formula is C13H24N2O5. The average Bonchev–Trinajstić information content (AvgIpc) is 2.37. The third-order valence-corrected chi connectivity index (χ3v) is 3.76. The molecule has 1 aliphatic rings. The van der Waals surface area contributed by atoms with Crippen molar-refractivity contribution >= 4 is 12.0 Å². The highest BCUT2D eigenvalue weighted by Gasteiger charge is 2.44. The van der Waals surface area contributed by atoms with Crippen LogP contribution in [0.1, 0.15) is 19.3 Å². The van der Waals surface area contributed by atoms with Crippen molar-refractivity contribution in [2.24, 2.45) is 5.41 Å². The summed E-state index contributed by atoms with van der Waals surface area (Å²) in [5.41, 5.74) is -0.774. The van der Waals surface area contributed by atoms with Crippen LogP contribution >= 0.6 is 0 Å². The van der Waals surface area contributed by atoms with Gasteiger partial charge >= 0.3 is 12.0 Å². The van der Waals surface area contributed by atoms with E-state index < -0.39 is 11.4 Å². The van der Waals surface area contributed by atoms with E-state index in [9.17, 15) is 14.7 Å². The van der Waals surface area contributed by atoms with Crippen molar-refractivity contribution in [1.82, 2.24) is 10.2 Å². The number of ether oxygens (including phenoxy) is 2. The van der Waals surface area contributed by atoms with E-state index in [1.165, 1.54) is 0 Å². The molecule has 2 N–H and O–H groups in total. The van der Waals surface area contributed by atoms with Crippen LogP contribution in [0.3, 0.4) is 0 Å². The molecule has 0 atom stereocenters. The highest BCUT2D eigenvalue weighted by atomic mass is 16.5. The molecular weight excluding hydrogens is 264 g/mol. The molecule has 0 aromatic heterocycles. The summed E-state index contributed by atoms with van der Waals surface area (Å²) in [5, 5.41) is 11.9. The van der Waals surface area contributed by atoms with Crippen LogP contribution in [0, 0.1) is 5.41 Å². The van der Waals surface area contributed by atoms with Crippen LogP contribution in [0.2, 0.25) is 0 Å². The van der Waals surface area contributed by atoms with E-state index in [4.69, 9.17) is 9.47 Å². The van der Waals surface area contributed by atoms with Gasteiger partial charge in [0, 0.05) is 33.9 Å². The fourth-order valence-corrected chi connectivity index (χ4v) is 2.14. The molecule has 0 spiro atoms. The van der Waals surface area contributed by atoms with E-state index in [-0.39, 0.29) is 12.6 Å². The van der Waals surface area contributed by atoms with Gasteiger partial charge in [0.2, 0.25) is 0 Å². The maximum atomic E-state index is 12.1. The maximum absolute atomic E-state index is 12.1. The number of hydrogen-bond acceptors (Lipinski definition) is 4. The van der Waals surface area contributed by atoms with Crippen LogP contribution in [-0.4, -0.2) is 69.1 Å². The number of carboxylic acids is 1. The minimum absolute atomic E-state index is 0.178. The second-order valence-electron chi connectivity index (χ2n) is 5.07. The number of nitrogens with one attached hydrogen (secondary N) is 1. The van der Waals surface area contributed by atoms with E-state index in [1.54, 1.807) is 19.1 Å². The van der Waals surface area contributed by atoms with E-state index in [2.05, 4.69) is 5.32 Å². The van der Waals surface area contributed by atoms with Gasteiger partial charge in [-0.25, -0.2) is 4.79 Å². The summed E-state index contributed by atoms with van der Waals surface area (Å²) in [6, 6.07) is -0.272. The number of carbonyl (C=O) groups is 2. The first kappa shape index (κ1) is 16.7. The highest BCUT2D eigenvalue weighted by Crippen LogP contribution is 2.40. The van der Waals surface area contributed by atoms with E-state index in [0.29, 0.717) is 39.1 Å². The predicted molar refractivity (Wildman–Crippen MR) is 72.6 cm³/mol. The predicted octanol–water partition coefficient (Wildman–Crippen LogP) is 0.546. The lowest BCUT2D eigenvalue weighted by molar-refractivity contribution is -0.153. The van der Waals surface area contributed by atoms with Crippen LogP contribution in [0.4, 0.5) is 4.79 Å². The van der Waals surface area contributed by atoms with Crippen molar-refractivity contribution in [3.8, 4) is 0 Å². The van der Waals surface area contributed by atoms with Crippen LogP contribution in [-0.2, 0) is 14.3 Å². The summed E-state index contributed by atoms with van der Waals surface area (Å²) in [6.07, 6.45) is 2.15. The van der Waals surface area contributed by atoms with Crippen LogP contribution in [0.25, 0.3) is 0 Å². The maximum Gasteiger partial charge on any atom is 0.317 e. The first-order chi connectivity index (χ1) is 9.55. The van der Waals surface area contributed by atoms with Crippen LogP contribution in [0.15, 0.2) is 0 Å². The Hall–Kier alpha value is -1.34. The quantitative estimate of drug-likeness (QED) is 0.646. The third-order valence-electron chi connectivity index (χ3n) is 3.76. The monoisotopic (exact) mass is 288 g/mol. The first-order valence-electron chi connectivity index (χ1n) is 6.80. The Balaban J connectivity index is 2.45. The van der Waals surface area contributed by atoms with Crippen molar-refractivity contribution in [1.29, 1.82) is 0 Å². The molecule has 1 rings (SSSR count). The fourth-order valence-electron chi connectivity index (χ4n) is 2.14. The number of rotatable bonds is 9. The van der Waals surface area contributed by atoms with Gasteiger partial charge in [0.15, 0.2) is 0 Å². The van der Waals surface area contributed by atoms with E-state index in [1.807, 2.05) is 0 Å². The van der Waals surface area contributed by atoms with Gasteiger partial charge in [-0.3, -0.25) is 4.79 Å². The molecule has 0 unspecified atom stereocenters. The summed E-state index contributed by atoms with van der Waals surface area (Å²) in [4.78, 5) is 24.9. The molecule has 116 valence electrons. The molecule has 7 nitrogen and oxygen atoms in total. The Morgan fingerprint density at radius 3 is 2.10 bits per heavy atom. The molecule has 0 aromatic carbocycles. The molecule has 1 aliphatic carbocycles. The van der Waals surface area contributed by atoms with E-state index >= 15 is 0 Å². The molecule has 1 saturated carbocycles. The molecule has 0 saturated heterocycles. The normalized spacial score (nSPS) is 16.3. The Labute approximate surface area is 119 Å². The molecule has 0 heterocycles. The molecule has 0 radical (unpaired) electrons. The minimum Gasteiger partial charge on any atom is -0.481 e. The van der Waals surface area contributed by atoms with Crippen LogP contribution in [0.5, 0.6) is 0 Å². The number of nitrogens with zero attached hydrogens (tertiary/aromatic N) is 1. The SMILES string of the molecule is COCCN(CCOC)C(=O)NCC1(C(=O)O)CCC1. The van der Waals surface area contributed by atoms with Gasteiger partial charge in [-0.15, -0.1) is 0 Å².